The van der Waals surface area contributed by atoms with Crippen molar-refractivity contribution in [2.24, 2.45) is 17.6 Å². The summed E-state index contributed by atoms with van der Waals surface area (Å²) in [6.45, 7) is 5.88. The minimum Gasteiger partial charge on any atom is -0.356 e. The fourth-order valence-corrected chi connectivity index (χ4v) is 2.59. The highest BCUT2D eigenvalue weighted by atomic mass is 16.1. The van der Waals surface area contributed by atoms with Gasteiger partial charge < -0.3 is 11.1 Å². The van der Waals surface area contributed by atoms with E-state index in [2.05, 4.69) is 43.4 Å². The minimum atomic E-state index is 0.172. The van der Waals surface area contributed by atoms with Crippen LogP contribution in [0.4, 0.5) is 0 Å². The third-order valence-corrected chi connectivity index (χ3v) is 4.03. The summed E-state index contributed by atoms with van der Waals surface area (Å²) in [5.41, 5.74) is 6.95. The maximum absolute atomic E-state index is 11.8. The summed E-state index contributed by atoms with van der Waals surface area (Å²) in [5.74, 6) is 1.33. The van der Waals surface area contributed by atoms with E-state index in [1.807, 2.05) is 6.07 Å². The number of aryl methyl sites for hydroxylation is 1. The van der Waals surface area contributed by atoms with Gasteiger partial charge in [0.05, 0.1) is 0 Å². The van der Waals surface area contributed by atoms with Gasteiger partial charge >= 0.3 is 0 Å². The summed E-state index contributed by atoms with van der Waals surface area (Å²) in [6.07, 6.45) is 4.58. The van der Waals surface area contributed by atoms with Crippen molar-refractivity contribution in [1.82, 2.24) is 5.32 Å². The first-order valence-corrected chi connectivity index (χ1v) is 8.14. The average molecular weight is 290 g/mol. The van der Waals surface area contributed by atoms with Gasteiger partial charge in [0.2, 0.25) is 5.91 Å². The van der Waals surface area contributed by atoms with Crippen molar-refractivity contribution in [1.29, 1.82) is 0 Å². The Bertz CT molecular complexity index is 389. The number of nitrogens with one attached hydrogen (secondary N) is 1. The molecule has 3 heteroatoms. The molecule has 0 aliphatic carbocycles. The molecule has 3 N–H and O–H groups in total. The zero-order chi connectivity index (χ0) is 15.5. The largest absolute Gasteiger partial charge is 0.356 e. The van der Waals surface area contributed by atoms with Gasteiger partial charge in [-0.1, -0.05) is 44.2 Å². The molecule has 0 spiro atoms. The number of benzene rings is 1. The second-order valence-electron chi connectivity index (χ2n) is 6.06. The molecule has 1 rings (SSSR count). The van der Waals surface area contributed by atoms with E-state index in [9.17, 15) is 4.79 Å². The van der Waals surface area contributed by atoms with Gasteiger partial charge in [0.15, 0.2) is 0 Å². The topological polar surface area (TPSA) is 55.1 Å². The molecule has 1 aromatic carbocycles. The molecule has 0 aromatic heterocycles. The van der Waals surface area contributed by atoms with Crippen molar-refractivity contribution in [3.63, 3.8) is 0 Å². The molecule has 1 unspecified atom stereocenters. The predicted octanol–water partition coefficient (Wildman–Crippen LogP) is 3.14. The van der Waals surface area contributed by atoms with Crippen molar-refractivity contribution >= 4 is 5.91 Å². The van der Waals surface area contributed by atoms with Crippen LogP contribution >= 0.6 is 0 Å². The third kappa shape index (κ3) is 7.86. The lowest BCUT2D eigenvalue weighted by Gasteiger charge is -2.19. The normalized spacial score (nSPS) is 12.4. The van der Waals surface area contributed by atoms with E-state index in [0.29, 0.717) is 24.8 Å². The predicted molar refractivity (Wildman–Crippen MR) is 89.0 cm³/mol. The van der Waals surface area contributed by atoms with Gasteiger partial charge in [0.1, 0.15) is 0 Å². The molecule has 1 amide bonds. The smallest absolute Gasteiger partial charge is 0.220 e. The lowest BCUT2D eigenvalue weighted by molar-refractivity contribution is -0.121. The highest BCUT2D eigenvalue weighted by Gasteiger charge is 2.14. The van der Waals surface area contributed by atoms with Crippen LogP contribution in [0.5, 0.6) is 0 Å². The van der Waals surface area contributed by atoms with E-state index in [4.69, 9.17) is 5.73 Å². The Kier molecular flexibility index (Phi) is 8.76. The molecule has 0 saturated heterocycles. The number of hydrogen-bond donors (Lipinski definition) is 2. The monoisotopic (exact) mass is 290 g/mol. The maximum Gasteiger partial charge on any atom is 0.220 e. The third-order valence-electron chi connectivity index (χ3n) is 4.03. The summed E-state index contributed by atoms with van der Waals surface area (Å²) >= 11 is 0. The van der Waals surface area contributed by atoms with Crippen LogP contribution in [0.1, 0.15) is 45.1 Å². The summed E-state index contributed by atoms with van der Waals surface area (Å²) < 4.78 is 0. The van der Waals surface area contributed by atoms with Crippen molar-refractivity contribution < 1.29 is 4.79 Å². The highest BCUT2D eigenvalue weighted by molar-refractivity contribution is 5.75. The number of nitrogens with two attached hydrogens (primary N) is 1. The molecule has 3 nitrogen and oxygen atoms in total. The first-order chi connectivity index (χ1) is 10.1. The van der Waals surface area contributed by atoms with Gasteiger partial charge in [-0.25, -0.2) is 0 Å². The van der Waals surface area contributed by atoms with E-state index in [1.54, 1.807) is 0 Å². The molecule has 0 saturated carbocycles. The molecule has 0 aliphatic heterocycles. The van der Waals surface area contributed by atoms with E-state index < -0.39 is 0 Å². The van der Waals surface area contributed by atoms with Crippen LogP contribution in [0.15, 0.2) is 30.3 Å². The summed E-state index contributed by atoms with van der Waals surface area (Å²) in [5, 5.41) is 3.02. The van der Waals surface area contributed by atoms with Crippen LogP contribution in [-0.2, 0) is 11.2 Å². The summed E-state index contributed by atoms with van der Waals surface area (Å²) in [4.78, 5) is 11.8. The molecule has 0 radical (unpaired) electrons. The summed E-state index contributed by atoms with van der Waals surface area (Å²) in [6, 6.07) is 10.4. The molecule has 0 heterocycles. The van der Waals surface area contributed by atoms with E-state index >= 15 is 0 Å². The second-order valence-corrected chi connectivity index (χ2v) is 6.06. The Morgan fingerprint density at radius 2 is 1.90 bits per heavy atom. The molecule has 0 bridgehead atoms. The Morgan fingerprint density at radius 3 is 2.52 bits per heavy atom. The fraction of sp³-hybridized carbons (Fsp3) is 0.611. The van der Waals surface area contributed by atoms with Crippen LogP contribution in [0.3, 0.4) is 0 Å². The molecule has 1 aromatic rings. The highest BCUT2D eigenvalue weighted by Crippen LogP contribution is 2.20. The lowest BCUT2D eigenvalue weighted by Crippen LogP contribution is -2.26. The molecule has 1 atom stereocenters. The second kappa shape index (κ2) is 10.4. The zero-order valence-corrected chi connectivity index (χ0v) is 13.5. The number of carbonyl (C=O) groups excluding carboxylic acids is 1. The molecule has 118 valence electrons. The first-order valence-electron chi connectivity index (χ1n) is 8.14. The van der Waals surface area contributed by atoms with Gasteiger partial charge in [0, 0.05) is 13.0 Å². The number of amides is 1. The van der Waals surface area contributed by atoms with Gasteiger partial charge in [0.25, 0.3) is 0 Å². The molecular formula is C18H30N2O. The van der Waals surface area contributed by atoms with Crippen LogP contribution < -0.4 is 11.1 Å². The maximum atomic E-state index is 11.8. The van der Waals surface area contributed by atoms with Crippen LogP contribution in [0.25, 0.3) is 0 Å². The van der Waals surface area contributed by atoms with Gasteiger partial charge in [-0.2, -0.15) is 0 Å². The van der Waals surface area contributed by atoms with E-state index in [-0.39, 0.29) is 5.91 Å². The van der Waals surface area contributed by atoms with Crippen molar-refractivity contribution in [3.05, 3.63) is 35.9 Å². The zero-order valence-electron chi connectivity index (χ0n) is 13.5. The number of carbonyl (C=O) groups is 1. The fourth-order valence-electron chi connectivity index (χ4n) is 2.59. The molecule has 0 fully saturated rings. The standard InChI is InChI=1S/C18H30N2O/c1-15(2)17(12-13-19)10-11-18(21)20-14-6-9-16-7-4-3-5-8-16/h3-5,7-8,15,17H,6,9-14,19H2,1-2H3,(H,20,21). The van der Waals surface area contributed by atoms with Crippen molar-refractivity contribution in [2.45, 2.75) is 46.0 Å². The van der Waals surface area contributed by atoms with Gasteiger partial charge in [-0.3, -0.25) is 4.79 Å². The Hall–Kier alpha value is -1.35. The van der Waals surface area contributed by atoms with Gasteiger partial charge in [-0.15, -0.1) is 0 Å². The van der Waals surface area contributed by atoms with Crippen LogP contribution in [-0.4, -0.2) is 19.0 Å². The van der Waals surface area contributed by atoms with Crippen LogP contribution in [0, 0.1) is 11.8 Å². The molecule has 21 heavy (non-hydrogen) atoms. The number of rotatable bonds is 10. The number of hydrogen-bond acceptors (Lipinski definition) is 2. The molecule has 0 aliphatic rings. The average Bonchev–Trinajstić information content (AvgIpc) is 2.48. The van der Waals surface area contributed by atoms with Gasteiger partial charge in [-0.05, 0) is 49.6 Å². The van der Waals surface area contributed by atoms with E-state index in [1.165, 1.54) is 5.56 Å². The first kappa shape index (κ1) is 17.7. The molecular weight excluding hydrogens is 260 g/mol. The summed E-state index contributed by atoms with van der Waals surface area (Å²) in [7, 11) is 0. The quantitative estimate of drug-likeness (QED) is 0.650. The lowest BCUT2D eigenvalue weighted by atomic mass is 9.88. The Morgan fingerprint density at radius 1 is 1.19 bits per heavy atom. The Balaban J connectivity index is 2.13. The Labute approximate surface area is 129 Å². The van der Waals surface area contributed by atoms with Crippen molar-refractivity contribution in [3.8, 4) is 0 Å². The minimum absolute atomic E-state index is 0.172. The van der Waals surface area contributed by atoms with E-state index in [0.717, 1.165) is 32.2 Å². The van der Waals surface area contributed by atoms with Crippen molar-refractivity contribution in [2.75, 3.05) is 13.1 Å². The van der Waals surface area contributed by atoms with Crippen LogP contribution in [0.2, 0.25) is 0 Å². The SMILES string of the molecule is CC(C)C(CCN)CCC(=O)NCCCc1ccccc1.